The molecule has 0 radical (unpaired) electrons. The van der Waals surface area contributed by atoms with Gasteiger partial charge in [-0.2, -0.15) is 0 Å². The second-order valence-corrected chi connectivity index (χ2v) is 12.8. The lowest BCUT2D eigenvalue weighted by atomic mass is 10.0. The maximum Gasteiger partial charge on any atom is 0.272 e. The number of hydrogen-bond acceptors (Lipinski definition) is 6. The summed E-state index contributed by atoms with van der Waals surface area (Å²) in [6, 6.07) is 22.6. The van der Waals surface area contributed by atoms with Crippen LogP contribution in [0.3, 0.4) is 0 Å². The van der Waals surface area contributed by atoms with Gasteiger partial charge >= 0.3 is 0 Å². The molecule has 3 heterocycles. The second-order valence-electron chi connectivity index (χ2n) is 12.8. The van der Waals surface area contributed by atoms with Crippen molar-refractivity contribution in [3.63, 3.8) is 0 Å². The van der Waals surface area contributed by atoms with Crippen LogP contribution in [-0.2, 0) is 6.54 Å². The van der Waals surface area contributed by atoms with E-state index in [4.69, 9.17) is 14.7 Å². The van der Waals surface area contributed by atoms with Gasteiger partial charge in [-0.05, 0) is 79.5 Å². The highest BCUT2D eigenvalue weighted by Crippen LogP contribution is 2.33. The molecule has 2 aromatic carbocycles. The van der Waals surface area contributed by atoms with Gasteiger partial charge in [-0.15, -0.1) is 0 Å². The summed E-state index contributed by atoms with van der Waals surface area (Å²) in [6.45, 7) is 13.2. The van der Waals surface area contributed by atoms with E-state index in [-0.39, 0.29) is 19.4 Å². The molecule has 1 fully saturated rings. The topological polar surface area (TPSA) is 75.5 Å². The monoisotopic (exact) mass is 612 g/mol. The summed E-state index contributed by atoms with van der Waals surface area (Å²) in [7, 11) is 1.67. The lowest BCUT2D eigenvalue weighted by molar-refractivity contribution is 0.0735. The Labute approximate surface area is 269 Å². The molecule has 242 valence electrons. The van der Waals surface area contributed by atoms with E-state index in [2.05, 4.69) is 72.8 Å². The number of piperidine rings is 1. The minimum atomic E-state index is 0. The van der Waals surface area contributed by atoms with Crippen molar-refractivity contribution in [2.75, 3.05) is 38.6 Å². The molecule has 1 saturated heterocycles. The number of imidazole rings is 1. The van der Waals surface area contributed by atoms with Crippen LogP contribution >= 0.6 is 0 Å². The molecule has 8 nitrogen and oxygen atoms in total. The maximum atomic E-state index is 13.9. The van der Waals surface area contributed by atoms with Crippen LogP contribution < -0.4 is 10.1 Å². The summed E-state index contributed by atoms with van der Waals surface area (Å²) in [4.78, 5) is 28.4. The van der Waals surface area contributed by atoms with Crippen LogP contribution in [0.5, 0.6) is 5.75 Å². The van der Waals surface area contributed by atoms with Gasteiger partial charge in [-0.1, -0.05) is 65.5 Å². The van der Waals surface area contributed by atoms with E-state index in [0.717, 1.165) is 87.0 Å². The number of anilines is 2. The number of aromatic nitrogens is 3. The first-order valence-corrected chi connectivity index (χ1v) is 16.2. The number of benzene rings is 2. The molecule has 2 aromatic heterocycles. The number of nitrogens with zero attached hydrogens (tertiary/aromatic N) is 5. The van der Waals surface area contributed by atoms with Gasteiger partial charge in [0.05, 0.1) is 7.11 Å². The summed E-state index contributed by atoms with van der Waals surface area (Å²) in [5, 5.41) is 3.55. The predicted octanol–water partition coefficient (Wildman–Crippen LogP) is 8.19. The van der Waals surface area contributed by atoms with Crippen LogP contribution in [-0.4, -0.2) is 63.5 Å². The summed E-state index contributed by atoms with van der Waals surface area (Å²) in [6.07, 6.45) is 3.90. The molecule has 1 amide bonds. The Morgan fingerprint density at radius 1 is 0.911 bits per heavy atom. The quantitative estimate of drug-likeness (QED) is 0.164. The van der Waals surface area contributed by atoms with E-state index in [1.165, 1.54) is 5.56 Å². The Morgan fingerprint density at radius 3 is 2.16 bits per heavy atom. The number of methoxy groups -OCH3 is 1. The van der Waals surface area contributed by atoms with E-state index >= 15 is 0 Å². The normalized spacial score (nSPS) is 14.1. The zero-order chi connectivity index (χ0) is 31.1. The zero-order valence-electron chi connectivity index (χ0n) is 27.0. The Kier molecular flexibility index (Phi) is 12.0. The first-order valence-electron chi connectivity index (χ1n) is 16.2. The molecule has 5 rings (SSSR count). The molecule has 1 N–H and O–H groups in total. The highest BCUT2D eigenvalue weighted by atomic mass is 16.5. The molecule has 1 aliphatic rings. The SMILES string of the molecule is C.COc1ccc(Nc2nc3ccc(C(=O)N(CCC(C)C)CCC(C)C)nc3n2C2CCN(Cc3ccccc3)CC2)cc1. The van der Waals surface area contributed by atoms with E-state index < -0.39 is 0 Å². The molecule has 8 heteroatoms. The van der Waals surface area contributed by atoms with Gasteiger partial charge in [0.25, 0.3) is 5.91 Å². The molecule has 0 spiro atoms. The van der Waals surface area contributed by atoms with Gasteiger partial charge in [-0.3, -0.25) is 14.3 Å². The van der Waals surface area contributed by atoms with Crippen LogP contribution in [0.1, 0.15) is 82.9 Å². The van der Waals surface area contributed by atoms with Gasteiger partial charge in [0.15, 0.2) is 5.65 Å². The first-order chi connectivity index (χ1) is 21.3. The highest BCUT2D eigenvalue weighted by molar-refractivity contribution is 5.94. The zero-order valence-corrected chi connectivity index (χ0v) is 27.0. The average molecular weight is 613 g/mol. The number of fused-ring (bicyclic) bond motifs is 1. The van der Waals surface area contributed by atoms with Crippen molar-refractivity contribution in [1.29, 1.82) is 0 Å². The minimum Gasteiger partial charge on any atom is -0.497 e. The molecule has 0 atom stereocenters. The number of carbonyl (C=O) groups is 1. The van der Waals surface area contributed by atoms with Crippen LogP contribution in [0, 0.1) is 11.8 Å². The number of likely N-dealkylation sites (tertiary alicyclic amines) is 1. The third-order valence-electron chi connectivity index (χ3n) is 8.51. The number of hydrogen-bond donors (Lipinski definition) is 1. The van der Waals surface area contributed by atoms with Gasteiger partial charge in [-0.25, -0.2) is 9.97 Å². The predicted molar refractivity (Wildman–Crippen MR) is 185 cm³/mol. The fourth-order valence-electron chi connectivity index (χ4n) is 5.81. The second kappa shape index (κ2) is 15.9. The largest absolute Gasteiger partial charge is 0.497 e. The van der Waals surface area contributed by atoms with Gasteiger partial charge in [0.1, 0.15) is 17.0 Å². The van der Waals surface area contributed by atoms with Crippen molar-refractivity contribution >= 4 is 28.7 Å². The number of nitrogens with one attached hydrogen (secondary N) is 1. The molecule has 0 aliphatic carbocycles. The molecule has 0 unspecified atom stereocenters. The Morgan fingerprint density at radius 2 is 1.56 bits per heavy atom. The molecular formula is C37H52N6O2. The van der Waals surface area contributed by atoms with Crippen LogP contribution in [0.25, 0.3) is 11.2 Å². The summed E-state index contributed by atoms with van der Waals surface area (Å²) in [5.41, 5.74) is 4.31. The van der Waals surface area contributed by atoms with Crippen LogP contribution in [0.2, 0.25) is 0 Å². The number of carbonyl (C=O) groups excluding carboxylic acids is 1. The van der Waals surface area contributed by atoms with Gasteiger partial charge < -0.3 is 15.0 Å². The number of amides is 1. The summed E-state index contributed by atoms with van der Waals surface area (Å²) in [5.74, 6) is 2.61. The number of pyridine rings is 1. The number of rotatable bonds is 13. The van der Waals surface area contributed by atoms with Gasteiger partial charge in [0, 0.05) is 44.5 Å². The van der Waals surface area contributed by atoms with Gasteiger partial charge in [0.2, 0.25) is 5.95 Å². The van der Waals surface area contributed by atoms with Crippen molar-refractivity contribution in [3.8, 4) is 5.75 Å². The molecule has 4 aromatic rings. The van der Waals surface area contributed by atoms with E-state index in [1.807, 2.05) is 41.3 Å². The van der Waals surface area contributed by atoms with E-state index in [1.54, 1.807) is 7.11 Å². The lowest BCUT2D eigenvalue weighted by Crippen LogP contribution is -2.35. The first kappa shape index (κ1) is 34.0. The lowest BCUT2D eigenvalue weighted by Gasteiger charge is -2.33. The Hall–Kier alpha value is -3.91. The third-order valence-corrected chi connectivity index (χ3v) is 8.51. The fraction of sp³-hybridized carbons (Fsp3) is 0.486. The van der Waals surface area contributed by atoms with Crippen molar-refractivity contribution in [2.45, 2.75) is 73.4 Å². The van der Waals surface area contributed by atoms with Crippen molar-refractivity contribution in [1.82, 2.24) is 24.3 Å². The Bertz CT molecular complexity index is 1480. The summed E-state index contributed by atoms with van der Waals surface area (Å²) >= 11 is 0. The Balaban J connectivity index is 0.00000461. The van der Waals surface area contributed by atoms with Crippen LogP contribution in [0.15, 0.2) is 66.7 Å². The van der Waals surface area contributed by atoms with E-state index in [9.17, 15) is 4.79 Å². The molecule has 45 heavy (non-hydrogen) atoms. The van der Waals surface area contributed by atoms with Crippen molar-refractivity contribution in [2.24, 2.45) is 11.8 Å². The maximum absolute atomic E-state index is 13.9. The fourth-order valence-corrected chi connectivity index (χ4v) is 5.81. The number of ether oxygens (including phenoxy) is 1. The standard InChI is InChI=1S/C36H48N6O2.CH4/c1-26(2)17-23-41(24-18-27(3)4)35(43)33-16-15-32-34(38-33)42(36(39-32)37-29-11-13-31(44-5)14-12-29)30-19-21-40(22-20-30)25-28-9-7-6-8-10-28;/h6-16,26-27,30H,17-25H2,1-5H3,(H,37,39);1H4. The molecule has 0 bridgehead atoms. The van der Waals surface area contributed by atoms with Crippen molar-refractivity contribution < 1.29 is 9.53 Å². The smallest absolute Gasteiger partial charge is 0.272 e. The van der Waals surface area contributed by atoms with E-state index in [0.29, 0.717) is 17.5 Å². The third kappa shape index (κ3) is 8.85. The van der Waals surface area contributed by atoms with Crippen LogP contribution in [0.4, 0.5) is 11.6 Å². The molecule has 1 aliphatic heterocycles. The molecule has 0 saturated carbocycles. The minimum absolute atomic E-state index is 0. The summed E-state index contributed by atoms with van der Waals surface area (Å²) < 4.78 is 7.59. The van der Waals surface area contributed by atoms with Crippen molar-refractivity contribution in [3.05, 3.63) is 78.0 Å². The molecular weight excluding hydrogens is 560 g/mol. The highest BCUT2D eigenvalue weighted by Gasteiger charge is 2.27. The average Bonchev–Trinajstić information content (AvgIpc) is 3.38.